The van der Waals surface area contributed by atoms with Gasteiger partial charge in [-0.2, -0.15) is 0 Å². The number of methoxy groups -OCH3 is 1. The highest BCUT2D eigenvalue weighted by atomic mass is 16.5. The molecule has 8 heteroatoms. The van der Waals surface area contributed by atoms with Gasteiger partial charge in [-0.3, -0.25) is 4.79 Å². The fourth-order valence-corrected chi connectivity index (χ4v) is 1.76. The van der Waals surface area contributed by atoms with E-state index in [1.165, 1.54) is 0 Å². The molecule has 1 unspecified atom stereocenters. The van der Waals surface area contributed by atoms with E-state index in [1.807, 2.05) is 0 Å². The molecule has 1 aromatic heterocycles. The molecule has 1 aliphatic rings. The van der Waals surface area contributed by atoms with Gasteiger partial charge >= 0.3 is 0 Å². The maximum atomic E-state index is 11.1. The van der Waals surface area contributed by atoms with Crippen molar-refractivity contribution in [3.8, 4) is 0 Å². The van der Waals surface area contributed by atoms with Crippen LogP contribution in [0.3, 0.4) is 0 Å². The summed E-state index contributed by atoms with van der Waals surface area (Å²) in [6.07, 6.45) is 0.439. The van der Waals surface area contributed by atoms with E-state index in [1.54, 1.807) is 13.2 Å². The molecular formula is C10H16N6O2. The van der Waals surface area contributed by atoms with Crippen LogP contribution in [0.2, 0.25) is 0 Å². The van der Waals surface area contributed by atoms with Crippen LogP contribution < -0.4 is 21.9 Å². The first-order valence-electron chi connectivity index (χ1n) is 5.58. The van der Waals surface area contributed by atoms with Crippen molar-refractivity contribution in [1.29, 1.82) is 0 Å². The molecule has 1 aliphatic heterocycles. The number of nitrogens with zero attached hydrogens (tertiary/aromatic N) is 2. The lowest BCUT2D eigenvalue weighted by molar-refractivity contribution is -0.119. The second-order valence-corrected chi connectivity index (χ2v) is 3.98. The number of rotatable bonds is 5. The molecule has 2 heterocycles. The minimum absolute atomic E-state index is 0.0356. The summed E-state index contributed by atoms with van der Waals surface area (Å²) in [4.78, 5) is 19.5. The quantitative estimate of drug-likeness (QED) is 0.401. The van der Waals surface area contributed by atoms with Crippen molar-refractivity contribution in [2.75, 3.05) is 24.4 Å². The third kappa shape index (κ3) is 3.05. The normalized spacial score (nSPS) is 18.6. The Morgan fingerprint density at radius 3 is 2.94 bits per heavy atom. The summed E-state index contributed by atoms with van der Waals surface area (Å²) in [7, 11) is 1.57. The van der Waals surface area contributed by atoms with Crippen molar-refractivity contribution in [2.45, 2.75) is 19.1 Å². The van der Waals surface area contributed by atoms with Crippen LogP contribution >= 0.6 is 0 Å². The summed E-state index contributed by atoms with van der Waals surface area (Å²) < 4.78 is 4.98. The van der Waals surface area contributed by atoms with Crippen molar-refractivity contribution in [3.05, 3.63) is 11.9 Å². The van der Waals surface area contributed by atoms with E-state index in [2.05, 4.69) is 26.0 Å². The van der Waals surface area contributed by atoms with E-state index in [4.69, 9.17) is 10.6 Å². The van der Waals surface area contributed by atoms with Gasteiger partial charge in [0.2, 0.25) is 5.91 Å². The maximum Gasteiger partial charge on any atom is 0.222 e. The van der Waals surface area contributed by atoms with Crippen molar-refractivity contribution < 1.29 is 9.53 Å². The molecule has 2 rings (SSSR count). The minimum Gasteiger partial charge on any atom is -0.377 e. The third-order valence-corrected chi connectivity index (χ3v) is 2.52. The lowest BCUT2D eigenvalue weighted by Gasteiger charge is -2.13. The summed E-state index contributed by atoms with van der Waals surface area (Å²) >= 11 is 0. The molecule has 18 heavy (non-hydrogen) atoms. The minimum atomic E-state index is 0.0356. The molecule has 0 bridgehead atoms. The highest BCUT2D eigenvalue weighted by Crippen LogP contribution is 2.14. The Morgan fingerprint density at radius 1 is 1.56 bits per heavy atom. The highest BCUT2D eigenvalue weighted by molar-refractivity contribution is 5.79. The van der Waals surface area contributed by atoms with Crippen molar-refractivity contribution in [2.24, 2.45) is 5.84 Å². The van der Waals surface area contributed by atoms with Gasteiger partial charge in [0, 0.05) is 26.1 Å². The fraction of sp³-hybridized carbons (Fsp3) is 0.500. The largest absolute Gasteiger partial charge is 0.377 e. The van der Waals surface area contributed by atoms with Crippen LogP contribution in [0, 0.1) is 0 Å². The van der Waals surface area contributed by atoms with Crippen molar-refractivity contribution >= 4 is 17.5 Å². The Hall–Kier alpha value is -1.93. The molecule has 1 aromatic rings. The molecule has 0 radical (unpaired) electrons. The number of nitrogen functional groups attached to an aromatic ring is 1. The maximum absolute atomic E-state index is 11.1. The number of aromatic nitrogens is 2. The number of ether oxygens (including phenoxy) is 1. The second kappa shape index (κ2) is 5.61. The number of carbonyl (C=O) groups is 1. The van der Waals surface area contributed by atoms with Crippen molar-refractivity contribution in [1.82, 2.24) is 15.3 Å². The van der Waals surface area contributed by atoms with Crippen LogP contribution in [-0.4, -0.2) is 35.6 Å². The first-order chi connectivity index (χ1) is 8.71. The molecule has 8 nitrogen and oxygen atoms in total. The summed E-state index contributed by atoms with van der Waals surface area (Å²) in [5.41, 5.74) is 2.47. The summed E-state index contributed by atoms with van der Waals surface area (Å²) in [6.45, 7) is 0.889. The Labute approximate surface area is 104 Å². The van der Waals surface area contributed by atoms with E-state index in [0.29, 0.717) is 37.0 Å². The first-order valence-corrected chi connectivity index (χ1v) is 5.58. The standard InChI is InChI=1S/C10H16N6O2/c1-18-5-9-14-7(3-8(15-9)16-11)13-6-2-10(17)12-4-6/h3,6H,2,4-5,11H2,1H3,(H,12,17)(H2,13,14,15,16). The topological polar surface area (TPSA) is 114 Å². The van der Waals surface area contributed by atoms with Crippen LogP contribution in [0.15, 0.2) is 6.07 Å². The lowest BCUT2D eigenvalue weighted by atomic mass is 10.2. The number of hydrazine groups is 1. The van der Waals surface area contributed by atoms with Crippen LogP contribution in [0.4, 0.5) is 11.6 Å². The molecule has 1 amide bonds. The Kier molecular flexibility index (Phi) is 3.90. The van der Waals surface area contributed by atoms with Gasteiger partial charge < -0.3 is 20.8 Å². The van der Waals surface area contributed by atoms with E-state index < -0.39 is 0 Å². The summed E-state index contributed by atoms with van der Waals surface area (Å²) in [6, 6.07) is 1.72. The van der Waals surface area contributed by atoms with Gasteiger partial charge in [0.25, 0.3) is 0 Å². The number of amides is 1. The van der Waals surface area contributed by atoms with Crippen LogP contribution in [-0.2, 0) is 16.1 Å². The summed E-state index contributed by atoms with van der Waals surface area (Å²) in [5.74, 6) is 7.01. The average molecular weight is 252 g/mol. The number of hydrogen-bond donors (Lipinski definition) is 4. The average Bonchev–Trinajstić information content (AvgIpc) is 2.75. The van der Waals surface area contributed by atoms with Gasteiger partial charge in [-0.05, 0) is 0 Å². The van der Waals surface area contributed by atoms with Crippen LogP contribution in [0.5, 0.6) is 0 Å². The molecule has 0 aliphatic carbocycles. The zero-order chi connectivity index (χ0) is 13.0. The van der Waals surface area contributed by atoms with E-state index in [9.17, 15) is 4.79 Å². The summed E-state index contributed by atoms with van der Waals surface area (Å²) in [5, 5.41) is 5.91. The Bertz CT molecular complexity index is 438. The van der Waals surface area contributed by atoms with Crippen LogP contribution in [0.1, 0.15) is 12.2 Å². The molecular weight excluding hydrogens is 236 g/mol. The number of nitrogens with two attached hydrogens (primary N) is 1. The van der Waals surface area contributed by atoms with E-state index >= 15 is 0 Å². The molecule has 1 saturated heterocycles. The number of nitrogens with one attached hydrogen (secondary N) is 3. The van der Waals surface area contributed by atoms with Crippen LogP contribution in [0.25, 0.3) is 0 Å². The van der Waals surface area contributed by atoms with E-state index in [-0.39, 0.29) is 11.9 Å². The number of anilines is 2. The Balaban J connectivity index is 2.10. The molecule has 1 fully saturated rings. The molecule has 5 N–H and O–H groups in total. The third-order valence-electron chi connectivity index (χ3n) is 2.52. The second-order valence-electron chi connectivity index (χ2n) is 3.98. The highest BCUT2D eigenvalue weighted by Gasteiger charge is 2.21. The van der Waals surface area contributed by atoms with E-state index in [0.717, 1.165) is 0 Å². The monoisotopic (exact) mass is 252 g/mol. The number of hydrogen-bond acceptors (Lipinski definition) is 7. The molecule has 98 valence electrons. The fourth-order valence-electron chi connectivity index (χ4n) is 1.76. The van der Waals surface area contributed by atoms with Gasteiger partial charge in [-0.1, -0.05) is 0 Å². The zero-order valence-corrected chi connectivity index (χ0v) is 10.1. The van der Waals surface area contributed by atoms with Crippen molar-refractivity contribution in [3.63, 3.8) is 0 Å². The van der Waals surface area contributed by atoms with Gasteiger partial charge in [0.05, 0.1) is 6.04 Å². The smallest absolute Gasteiger partial charge is 0.222 e. The van der Waals surface area contributed by atoms with Gasteiger partial charge in [-0.15, -0.1) is 0 Å². The first kappa shape index (κ1) is 12.5. The zero-order valence-electron chi connectivity index (χ0n) is 10.1. The molecule has 0 saturated carbocycles. The molecule has 0 spiro atoms. The van der Waals surface area contributed by atoms with Gasteiger partial charge in [0.1, 0.15) is 18.2 Å². The molecule has 1 atom stereocenters. The van der Waals surface area contributed by atoms with Gasteiger partial charge in [-0.25, -0.2) is 15.8 Å². The predicted molar refractivity (Wildman–Crippen MR) is 65.6 cm³/mol. The Morgan fingerprint density at radius 2 is 2.33 bits per heavy atom. The molecule has 0 aromatic carbocycles. The SMILES string of the molecule is COCc1nc(NN)cc(NC2CNC(=O)C2)n1. The lowest BCUT2D eigenvalue weighted by Crippen LogP contribution is -2.23. The van der Waals surface area contributed by atoms with Gasteiger partial charge in [0.15, 0.2) is 5.82 Å². The predicted octanol–water partition coefficient (Wildman–Crippen LogP) is -0.791. The number of carbonyl (C=O) groups excluding carboxylic acids is 1.